The number of benzene rings is 1. The van der Waals surface area contributed by atoms with Gasteiger partial charge in [0.15, 0.2) is 0 Å². The summed E-state index contributed by atoms with van der Waals surface area (Å²) in [5.74, 6) is -1.65. The van der Waals surface area contributed by atoms with Crippen molar-refractivity contribution in [1.29, 1.82) is 0 Å². The number of carbonyl (C=O) groups is 2. The SMILES string of the molecule is CN(C)C(=O)c1cc(NC(=O)Cn2ncc(Cl)c(Cl)c2=O)ccc1C(F)(F)F. The largest absolute Gasteiger partial charge is 0.417 e. The summed E-state index contributed by atoms with van der Waals surface area (Å²) in [6.07, 6.45) is -3.68. The molecule has 0 atom stereocenters. The Morgan fingerprint density at radius 3 is 2.46 bits per heavy atom. The second kappa shape index (κ2) is 8.19. The molecule has 1 aromatic heterocycles. The average Bonchev–Trinajstić information content (AvgIpc) is 2.60. The van der Waals surface area contributed by atoms with E-state index < -0.39 is 41.2 Å². The summed E-state index contributed by atoms with van der Waals surface area (Å²) in [7, 11) is 2.60. The molecule has 2 rings (SSSR count). The molecule has 28 heavy (non-hydrogen) atoms. The summed E-state index contributed by atoms with van der Waals surface area (Å²) >= 11 is 11.3. The van der Waals surface area contributed by atoms with Gasteiger partial charge in [-0.05, 0) is 18.2 Å². The molecule has 0 aliphatic rings. The molecule has 1 aromatic carbocycles. The zero-order valence-electron chi connectivity index (χ0n) is 14.5. The van der Waals surface area contributed by atoms with Gasteiger partial charge in [0, 0.05) is 19.8 Å². The minimum atomic E-state index is -4.75. The Morgan fingerprint density at radius 1 is 1.25 bits per heavy atom. The van der Waals surface area contributed by atoms with Crippen LogP contribution in [-0.2, 0) is 17.5 Å². The molecule has 0 saturated heterocycles. The highest BCUT2D eigenvalue weighted by Gasteiger charge is 2.35. The minimum absolute atomic E-state index is 0.0590. The maximum atomic E-state index is 13.1. The molecule has 0 spiro atoms. The van der Waals surface area contributed by atoms with Crippen molar-refractivity contribution in [2.24, 2.45) is 0 Å². The summed E-state index contributed by atoms with van der Waals surface area (Å²) in [6.45, 7) is -0.562. The van der Waals surface area contributed by atoms with Crippen molar-refractivity contribution >= 4 is 40.7 Å². The Morgan fingerprint density at radius 2 is 1.89 bits per heavy atom. The van der Waals surface area contributed by atoms with Crippen molar-refractivity contribution in [2.45, 2.75) is 12.7 Å². The quantitative estimate of drug-likeness (QED) is 0.798. The van der Waals surface area contributed by atoms with Gasteiger partial charge in [-0.1, -0.05) is 23.2 Å². The number of nitrogens with one attached hydrogen (secondary N) is 1. The van der Waals surface area contributed by atoms with Crippen LogP contribution in [0.2, 0.25) is 10.0 Å². The lowest BCUT2D eigenvalue weighted by atomic mass is 10.0. The Balaban J connectivity index is 2.30. The van der Waals surface area contributed by atoms with Crippen LogP contribution in [0.5, 0.6) is 0 Å². The number of carbonyl (C=O) groups excluding carboxylic acids is 2. The molecule has 0 aliphatic carbocycles. The van der Waals surface area contributed by atoms with Gasteiger partial charge in [-0.3, -0.25) is 14.4 Å². The Labute approximate surface area is 166 Å². The summed E-state index contributed by atoms with van der Waals surface area (Å²) < 4.78 is 40.2. The molecule has 2 amide bonds. The highest BCUT2D eigenvalue weighted by Crippen LogP contribution is 2.33. The third-order valence-electron chi connectivity index (χ3n) is 3.48. The van der Waals surface area contributed by atoms with Gasteiger partial charge < -0.3 is 10.2 Å². The maximum absolute atomic E-state index is 13.1. The highest BCUT2D eigenvalue weighted by molar-refractivity contribution is 6.41. The van der Waals surface area contributed by atoms with E-state index in [4.69, 9.17) is 23.2 Å². The van der Waals surface area contributed by atoms with Gasteiger partial charge in [-0.15, -0.1) is 0 Å². The molecule has 150 valence electrons. The van der Waals surface area contributed by atoms with Crippen molar-refractivity contribution in [3.05, 3.63) is 55.9 Å². The molecule has 0 radical (unpaired) electrons. The Bertz CT molecular complexity index is 990. The van der Waals surface area contributed by atoms with Gasteiger partial charge >= 0.3 is 6.18 Å². The Kier molecular flexibility index (Phi) is 6.35. The number of halogens is 5. The number of alkyl halides is 3. The van der Waals surface area contributed by atoms with E-state index in [1.165, 1.54) is 14.1 Å². The van der Waals surface area contributed by atoms with E-state index in [0.717, 1.165) is 27.9 Å². The number of rotatable bonds is 4. The number of anilines is 1. The predicted octanol–water partition coefficient (Wildman–Crippen LogP) is 2.91. The van der Waals surface area contributed by atoms with Gasteiger partial charge in [0.05, 0.1) is 22.3 Å². The predicted molar refractivity (Wildman–Crippen MR) is 96.6 cm³/mol. The smallest absolute Gasteiger partial charge is 0.345 e. The van der Waals surface area contributed by atoms with Crippen molar-refractivity contribution in [1.82, 2.24) is 14.7 Å². The van der Waals surface area contributed by atoms with Crippen LogP contribution in [-0.4, -0.2) is 40.6 Å². The van der Waals surface area contributed by atoms with Gasteiger partial charge in [-0.2, -0.15) is 18.3 Å². The lowest BCUT2D eigenvalue weighted by molar-refractivity contribution is -0.138. The van der Waals surface area contributed by atoms with E-state index in [1.807, 2.05) is 0 Å². The van der Waals surface area contributed by atoms with Crippen molar-refractivity contribution in [3.8, 4) is 0 Å². The third kappa shape index (κ3) is 4.82. The van der Waals surface area contributed by atoms with E-state index in [0.29, 0.717) is 6.07 Å². The normalized spacial score (nSPS) is 11.2. The van der Waals surface area contributed by atoms with Crippen LogP contribution in [0.1, 0.15) is 15.9 Å². The van der Waals surface area contributed by atoms with Crippen LogP contribution in [0.4, 0.5) is 18.9 Å². The first-order chi connectivity index (χ1) is 12.9. The fourth-order valence-corrected chi connectivity index (χ4v) is 2.45. The zero-order chi connectivity index (χ0) is 21.2. The maximum Gasteiger partial charge on any atom is 0.417 e. The number of hydrogen-bond acceptors (Lipinski definition) is 4. The van der Waals surface area contributed by atoms with Crippen LogP contribution in [0, 0.1) is 0 Å². The minimum Gasteiger partial charge on any atom is -0.345 e. The standard InChI is InChI=1S/C16H13Cl2F3N4O3/c1-24(2)14(27)9-5-8(3-4-10(9)16(19,20)21)23-12(26)7-25-15(28)13(18)11(17)6-22-25/h3-6H,7H2,1-2H3,(H,23,26). The van der Waals surface area contributed by atoms with Crippen LogP contribution in [0.3, 0.4) is 0 Å². The van der Waals surface area contributed by atoms with E-state index in [1.54, 1.807) is 0 Å². The average molecular weight is 437 g/mol. The van der Waals surface area contributed by atoms with Crippen molar-refractivity contribution in [2.75, 3.05) is 19.4 Å². The molecule has 0 aliphatic heterocycles. The number of aromatic nitrogens is 2. The topological polar surface area (TPSA) is 84.3 Å². The highest BCUT2D eigenvalue weighted by atomic mass is 35.5. The van der Waals surface area contributed by atoms with E-state index in [2.05, 4.69) is 10.4 Å². The molecule has 0 unspecified atom stereocenters. The van der Waals surface area contributed by atoms with Gasteiger partial charge in [0.2, 0.25) is 5.91 Å². The molecular weight excluding hydrogens is 424 g/mol. The number of nitrogens with zero attached hydrogens (tertiary/aromatic N) is 3. The zero-order valence-corrected chi connectivity index (χ0v) is 16.0. The van der Waals surface area contributed by atoms with Crippen molar-refractivity contribution in [3.63, 3.8) is 0 Å². The van der Waals surface area contributed by atoms with Crippen LogP contribution in [0.15, 0.2) is 29.2 Å². The number of amides is 2. The molecular formula is C16H13Cl2F3N4O3. The molecule has 7 nitrogen and oxygen atoms in total. The molecule has 1 N–H and O–H groups in total. The van der Waals surface area contributed by atoms with Gasteiger partial charge in [0.1, 0.15) is 11.6 Å². The van der Waals surface area contributed by atoms with Gasteiger partial charge in [-0.25, -0.2) is 4.68 Å². The summed E-state index contributed by atoms with van der Waals surface area (Å²) in [4.78, 5) is 37.1. The number of hydrogen-bond donors (Lipinski definition) is 1. The monoisotopic (exact) mass is 436 g/mol. The first kappa shape index (κ1) is 21.7. The summed E-state index contributed by atoms with van der Waals surface area (Å²) in [5.41, 5.74) is -2.62. The second-order valence-electron chi connectivity index (χ2n) is 5.78. The molecule has 12 heteroatoms. The fourth-order valence-electron chi connectivity index (χ4n) is 2.18. The summed E-state index contributed by atoms with van der Waals surface area (Å²) in [6, 6.07) is 2.60. The summed E-state index contributed by atoms with van der Waals surface area (Å²) in [5, 5.41) is 5.56. The van der Waals surface area contributed by atoms with E-state index in [-0.39, 0.29) is 15.7 Å². The fraction of sp³-hybridized carbons (Fsp3) is 0.250. The molecule has 0 fully saturated rings. The molecule has 1 heterocycles. The van der Waals surface area contributed by atoms with Crippen molar-refractivity contribution < 1.29 is 22.8 Å². The third-order valence-corrected chi connectivity index (χ3v) is 4.23. The first-order valence-corrected chi connectivity index (χ1v) is 8.31. The lowest BCUT2D eigenvalue weighted by Gasteiger charge is -2.17. The van der Waals surface area contributed by atoms with Crippen LogP contribution in [0.25, 0.3) is 0 Å². The van der Waals surface area contributed by atoms with Crippen LogP contribution < -0.4 is 10.9 Å². The molecule has 2 aromatic rings. The van der Waals surface area contributed by atoms with E-state index in [9.17, 15) is 27.6 Å². The molecule has 0 saturated carbocycles. The van der Waals surface area contributed by atoms with E-state index >= 15 is 0 Å². The second-order valence-corrected chi connectivity index (χ2v) is 6.56. The van der Waals surface area contributed by atoms with Gasteiger partial charge in [0.25, 0.3) is 11.5 Å². The van der Waals surface area contributed by atoms with Crippen LogP contribution >= 0.6 is 23.2 Å². The first-order valence-electron chi connectivity index (χ1n) is 7.55. The molecule has 0 bridgehead atoms. The Hall–Kier alpha value is -2.59. The lowest BCUT2D eigenvalue weighted by Crippen LogP contribution is -2.30.